The van der Waals surface area contributed by atoms with Crippen LogP contribution in [-0.2, 0) is 4.79 Å². The first kappa shape index (κ1) is 14.5. The predicted molar refractivity (Wildman–Crippen MR) is 68.7 cm³/mol. The van der Waals surface area contributed by atoms with E-state index < -0.39 is 0 Å². The maximum absolute atomic E-state index is 12.4. The Morgan fingerprint density at radius 3 is 2.41 bits per heavy atom. The fourth-order valence-electron chi connectivity index (χ4n) is 2.39. The average Bonchev–Trinajstić information content (AvgIpc) is 2.35. The number of hydrogen-bond donors (Lipinski definition) is 3. The largest absolute Gasteiger partial charge is 0.394 e. The molecule has 0 spiro atoms. The van der Waals surface area contributed by atoms with Crippen LogP contribution in [0.1, 0.15) is 40.0 Å². The Morgan fingerprint density at radius 2 is 2.00 bits per heavy atom. The molecule has 0 aromatic carbocycles. The van der Waals surface area contributed by atoms with Gasteiger partial charge in [0.25, 0.3) is 0 Å². The standard InChI is InChI=1S/C13H26N2O2/c1-4-13(5-7-14-8-6-13)12(17)15-11(9-16)10(2)3/h10-11,14,16H,4-9H2,1-3H3,(H,15,17). The van der Waals surface area contributed by atoms with Crippen molar-refractivity contribution in [1.29, 1.82) is 0 Å². The van der Waals surface area contributed by atoms with Crippen molar-refractivity contribution in [2.45, 2.75) is 46.1 Å². The third-order valence-electron chi connectivity index (χ3n) is 4.04. The molecule has 4 heteroatoms. The zero-order chi connectivity index (χ0) is 12.9. The summed E-state index contributed by atoms with van der Waals surface area (Å²) < 4.78 is 0. The fraction of sp³-hybridized carbons (Fsp3) is 0.923. The first-order chi connectivity index (χ1) is 8.05. The van der Waals surface area contributed by atoms with Gasteiger partial charge in [-0.25, -0.2) is 0 Å². The van der Waals surface area contributed by atoms with Gasteiger partial charge in [-0.1, -0.05) is 20.8 Å². The molecule has 1 amide bonds. The van der Waals surface area contributed by atoms with Crippen LogP contribution in [0.25, 0.3) is 0 Å². The Kier molecular flexibility index (Phi) is 5.40. The van der Waals surface area contributed by atoms with Gasteiger partial charge in [-0.15, -0.1) is 0 Å². The monoisotopic (exact) mass is 242 g/mol. The van der Waals surface area contributed by atoms with E-state index in [1.54, 1.807) is 0 Å². The summed E-state index contributed by atoms with van der Waals surface area (Å²) in [7, 11) is 0. The molecule has 1 heterocycles. The van der Waals surface area contributed by atoms with Crippen LogP contribution in [-0.4, -0.2) is 36.8 Å². The lowest BCUT2D eigenvalue weighted by Gasteiger charge is -2.37. The number of piperidine rings is 1. The fourth-order valence-corrected chi connectivity index (χ4v) is 2.39. The van der Waals surface area contributed by atoms with E-state index in [-0.39, 0.29) is 29.9 Å². The number of aliphatic hydroxyl groups excluding tert-OH is 1. The molecular formula is C13H26N2O2. The lowest BCUT2D eigenvalue weighted by Crippen LogP contribution is -2.52. The highest BCUT2D eigenvalue weighted by atomic mass is 16.3. The van der Waals surface area contributed by atoms with E-state index >= 15 is 0 Å². The number of amides is 1. The molecule has 0 radical (unpaired) electrons. The molecule has 1 aliphatic rings. The van der Waals surface area contributed by atoms with Crippen LogP contribution < -0.4 is 10.6 Å². The van der Waals surface area contributed by atoms with E-state index in [2.05, 4.69) is 17.6 Å². The molecule has 17 heavy (non-hydrogen) atoms. The normalized spacial score (nSPS) is 21.2. The lowest BCUT2D eigenvalue weighted by molar-refractivity contribution is -0.134. The molecule has 100 valence electrons. The van der Waals surface area contributed by atoms with Crippen LogP contribution in [0, 0.1) is 11.3 Å². The molecular weight excluding hydrogens is 216 g/mol. The summed E-state index contributed by atoms with van der Waals surface area (Å²) in [5, 5.41) is 15.6. The van der Waals surface area contributed by atoms with Gasteiger partial charge in [-0.2, -0.15) is 0 Å². The summed E-state index contributed by atoms with van der Waals surface area (Å²) >= 11 is 0. The van der Waals surface area contributed by atoms with E-state index in [9.17, 15) is 9.90 Å². The predicted octanol–water partition coefficient (Wildman–Crippen LogP) is 0.899. The second-order valence-corrected chi connectivity index (χ2v) is 5.39. The maximum atomic E-state index is 12.4. The Morgan fingerprint density at radius 1 is 1.41 bits per heavy atom. The van der Waals surface area contributed by atoms with E-state index in [0.29, 0.717) is 0 Å². The van der Waals surface area contributed by atoms with E-state index in [1.807, 2.05) is 13.8 Å². The van der Waals surface area contributed by atoms with Gasteiger partial charge in [0.15, 0.2) is 0 Å². The van der Waals surface area contributed by atoms with Gasteiger partial charge < -0.3 is 15.7 Å². The minimum atomic E-state index is -0.229. The zero-order valence-electron chi connectivity index (χ0n) is 11.3. The highest BCUT2D eigenvalue weighted by Crippen LogP contribution is 2.32. The van der Waals surface area contributed by atoms with Gasteiger partial charge >= 0.3 is 0 Å². The van der Waals surface area contributed by atoms with Gasteiger partial charge in [0, 0.05) is 0 Å². The van der Waals surface area contributed by atoms with Crippen LogP contribution in [0.5, 0.6) is 0 Å². The van der Waals surface area contributed by atoms with Crippen LogP contribution >= 0.6 is 0 Å². The van der Waals surface area contributed by atoms with E-state index in [1.165, 1.54) is 0 Å². The van der Waals surface area contributed by atoms with Crippen molar-refractivity contribution in [3.63, 3.8) is 0 Å². The van der Waals surface area contributed by atoms with Crippen LogP contribution in [0.15, 0.2) is 0 Å². The smallest absolute Gasteiger partial charge is 0.226 e. The Balaban J connectivity index is 2.65. The van der Waals surface area contributed by atoms with Crippen molar-refractivity contribution in [2.75, 3.05) is 19.7 Å². The second-order valence-electron chi connectivity index (χ2n) is 5.39. The lowest BCUT2D eigenvalue weighted by atomic mass is 9.75. The molecule has 0 aliphatic carbocycles. The number of carbonyl (C=O) groups is 1. The number of aliphatic hydroxyl groups is 1. The molecule has 0 saturated carbocycles. The molecule has 0 aromatic rings. The SMILES string of the molecule is CCC1(C(=O)NC(CO)C(C)C)CCNCC1. The van der Waals surface area contributed by atoms with Crippen molar-refractivity contribution in [2.24, 2.45) is 11.3 Å². The molecule has 0 bridgehead atoms. The Labute approximate surface area is 104 Å². The quantitative estimate of drug-likeness (QED) is 0.671. The third kappa shape index (κ3) is 3.42. The first-order valence-corrected chi connectivity index (χ1v) is 6.68. The van der Waals surface area contributed by atoms with Crippen molar-refractivity contribution >= 4 is 5.91 Å². The average molecular weight is 242 g/mol. The van der Waals surface area contributed by atoms with Crippen LogP contribution in [0.2, 0.25) is 0 Å². The highest BCUT2D eigenvalue weighted by Gasteiger charge is 2.38. The molecule has 1 atom stereocenters. The molecule has 1 aliphatic heterocycles. The van der Waals surface area contributed by atoms with Crippen molar-refractivity contribution < 1.29 is 9.90 Å². The molecule has 0 aromatic heterocycles. The molecule has 1 fully saturated rings. The molecule has 1 unspecified atom stereocenters. The Bertz CT molecular complexity index is 248. The van der Waals surface area contributed by atoms with Gasteiger partial charge in [0.05, 0.1) is 18.1 Å². The van der Waals surface area contributed by atoms with Crippen molar-refractivity contribution in [1.82, 2.24) is 10.6 Å². The molecule has 3 N–H and O–H groups in total. The van der Waals surface area contributed by atoms with Crippen molar-refractivity contribution in [3.8, 4) is 0 Å². The third-order valence-corrected chi connectivity index (χ3v) is 4.04. The zero-order valence-corrected chi connectivity index (χ0v) is 11.3. The number of nitrogens with one attached hydrogen (secondary N) is 2. The number of carbonyl (C=O) groups excluding carboxylic acids is 1. The Hall–Kier alpha value is -0.610. The van der Waals surface area contributed by atoms with Gasteiger partial charge in [0.1, 0.15) is 0 Å². The summed E-state index contributed by atoms with van der Waals surface area (Å²) in [6, 6.07) is -0.124. The minimum absolute atomic E-state index is 0.0153. The van der Waals surface area contributed by atoms with Crippen LogP contribution in [0.3, 0.4) is 0 Å². The van der Waals surface area contributed by atoms with Crippen LogP contribution in [0.4, 0.5) is 0 Å². The molecule has 1 rings (SSSR count). The minimum Gasteiger partial charge on any atom is -0.394 e. The summed E-state index contributed by atoms with van der Waals surface area (Å²) in [6.07, 6.45) is 2.66. The van der Waals surface area contributed by atoms with E-state index in [0.717, 1.165) is 32.4 Å². The van der Waals surface area contributed by atoms with Crippen molar-refractivity contribution in [3.05, 3.63) is 0 Å². The maximum Gasteiger partial charge on any atom is 0.226 e. The summed E-state index contributed by atoms with van der Waals surface area (Å²) in [4.78, 5) is 12.4. The first-order valence-electron chi connectivity index (χ1n) is 6.68. The topological polar surface area (TPSA) is 61.4 Å². The molecule has 4 nitrogen and oxygen atoms in total. The van der Waals surface area contributed by atoms with Gasteiger partial charge in [-0.05, 0) is 38.3 Å². The van der Waals surface area contributed by atoms with Gasteiger partial charge in [-0.3, -0.25) is 4.79 Å². The highest BCUT2D eigenvalue weighted by molar-refractivity contribution is 5.83. The summed E-state index contributed by atoms with van der Waals surface area (Å²) in [5.74, 6) is 0.383. The van der Waals surface area contributed by atoms with E-state index in [4.69, 9.17) is 0 Å². The molecule has 1 saturated heterocycles. The second kappa shape index (κ2) is 6.36. The van der Waals surface area contributed by atoms with Gasteiger partial charge in [0.2, 0.25) is 5.91 Å². The number of rotatable bonds is 5. The summed E-state index contributed by atoms with van der Waals surface area (Å²) in [5.41, 5.74) is -0.229. The summed E-state index contributed by atoms with van der Waals surface area (Å²) in [6.45, 7) is 7.94. The number of hydrogen-bond acceptors (Lipinski definition) is 3.